The van der Waals surface area contributed by atoms with Gasteiger partial charge in [-0.15, -0.1) is 0 Å². The summed E-state index contributed by atoms with van der Waals surface area (Å²) in [5.41, 5.74) is 1.89. The Bertz CT molecular complexity index is 680. The first-order valence-corrected chi connectivity index (χ1v) is 8.80. The van der Waals surface area contributed by atoms with Crippen molar-refractivity contribution in [1.82, 2.24) is 15.3 Å². The molecule has 3 rings (SSSR count). The highest BCUT2D eigenvalue weighted by Crippen LogP contribution is 2.26. The molecule has 1 aliphatic rings. The Kier molecular flexibility index (Phi) is 5.53. The fourth-order valence-electron chi connectivity index (χ4n) is 3.23. The third-order valence-electron chi connectivity index (χ3n) is 4.63. The number of imidazole rings is 1. The van der Waals surface area contributed by atoms with Gasteiger partial charge in [0, 0.05) is 17.7 Å². The van der Waals surface area contributed by atoms with E-state index in [0.717, 1.165) is 36.9 Å². The summed E-state index contributed by atoms with van der Waals surface area (Å²) in [6.45, 7) is 0. The quantitative estimate of drug-likeness (QED) is 0.582. The van der Waals surface area contributed by atoms with Crippen LogP contribution in [-0.2, 0) is 0 Å². The van der Waals surface area contributed by atoms with Crippen LogP contribution < -0.4 is 5.32 Å². The summed E-state index contributed by atoms with van der Waals surface area (Å²) in [4.78, 5) is 19.6. The van der Waals surface area contributed by atoms with E-state index in [1.165, 1.54) is 12.8 Å². The number of halogens is 1. The number of rotatable bonds is 4. The van der Waals surface area contributed by atoms with Gasteiger partial charge in [0.1, 0.15) is 6.23 Å². The lowest BCUT2D eigenvalue weighted by Crippen LogP contribution is -2.40. The van der Waals surface area contributed by atoms with Gasteiger partial charge < -0.3 is 15.4 Å². The van der Waals surface area contributed by atoms with Crippen LogP contribution in [0, 0.1) is 5.92 Å². The monoisotopic (exact) mass is 347 g/mol. The first-order valence-electron chi connectivity index (χ1n) is 8.43. The second-order valence-corrected chi connectivity index (χ2v) is 6.73. The van der Waals surface area contributed by atoms with Crippen molar-refractivity contribution < 1.29 is 9.90 Å². The summed E-state index contributed by atoms with van der Waals surface area (Å²) in [6, 6.07) is 5.20. The molecule has 128 valence electrons. The molecule has 1 unspecified atom stereocenters. The number of aliphatic hydroxyl groups excluding tert-OH is 1. The van der Waals surface area contributed by atoms with Gasteiger partial charge in [-0.25, -0.2) is 4.98 Å². The Balaban J connectivity index is 1.73. The van der Waals surface area contributed by atoms with Crippen LogP contribution in [0.25, 0.3) is 11.3 Å². The number of nitrogens with one attached hydrogen (secondary N) is 2. The molecule has 0 radical (unpaired) electrons. The van der Waals surface area contributed by atoms with E-state index in [2.05, 4.69) is 15.3 Å². The fourth-order valence-corrected chi connectivity index (χ4v) is 3.44. The number of amides is 1. The fraction of sp³-hybridized carbons (Fsp3) is 0.444. The summed E-state index contributed by atoms with van der Waals surface area (Å²) in [5.74, 6) is -0.237. The number of H-pyrrole nitrogens is 1. The largest absolute Gasteiger partial charge is 0.373 e. The highest BCUT2D eigenvalue weighted by atomic mass is 35.5. The molecule has 1 aromatic carbocycles. The van der Waals surface area contributed by atoms with E-state index < -0.39 is 6.23 Å². The molecule has 2 aromatic rings. The molecule has 24 heavy (non-hydrogen) atoms. The smallest absolute Gasteiger partial charge is 0.254 e. The molecule has 0 bridgehead atoms. The van der Waals surface area contributed by atoms with Crippen molar-refractivity contribution in [1.29, 1.82) is 0 Å². The molecule has 1 saturated carbocycles. The van der Waals surface area contributed by atoms with Crippen molar-refractivity contribution in [2.45, 2.75) is 44.8 Å². The molecule has 6 heteroatoms. The van der Waals surface area contributed by atoms with Crippen LogP contribution in [-0.4, -0.2) is 27.2 Å². The van der Waals surface area contributed by atoms with Gasteiger partial charge in [0.2, 0.25) is 0 Å². The first-order chi connectivity index (χ1) is 11.6. The van der Waals surface area contributed by atoms with Gasteiger partial charge in [0.15, 0.2) is 0 Å². The predicted octanol–water partition coefficient (Wildman–Crippen LogP) is 3.75. The summed E-state index contributed by atoms with van der Waals surface area (Å²) in [6.07, 6.45) is 9.01. The zero-order chi connectivity index (χ0) is 16.9. The Morgan fingerprint density at radius 2 is 2.04 bits per heavy atom. The average Bonchev–Trinajstić information content (AvgIpc) is 2.97. The normalized spacial score (nSPS) is 17.2. The Morgan fingerprint density at radius 1 is 1.29 bits per heavy atom. The Morgan fingerprint density at radius 3 is 2.71 bits per heavy atom. The van der Waals surface area contributed by atoms with Crippen LogP contribution in [0.15, 0.2) is 30.7 Å². The summed E-state index contributed by atoms with van der Waals surface area (Å²) >= 11 is 6.18. The van der Waals surface area contributed by atoms with E-state index in [1.807, 2.05) is 6.07 Å². The zero-order valence-electron chi connectivity index (χ0n) is 13.5. The second kappa shape index (κ2) is 7.81. The minimum Gasteiger partial charge on any atom is -0.373 e. The molecular formula is C18H22ClN3O2. The molecule has 3 N–H and O–H groups in total. The number of carbonyl (C=O) groups is 1. The molecule has 1 aromatic heterocycles. The lowest BCUT2D eigenvalue weighted by Gasteiger charge is -2.22. The maximum atomic E-state index is 12.5. The lowest BCUT2D eigenvalue weighted by molar-refractivity contribution is 0.0532. The Hall–Kier alpha value is -1.85. The first kappa shape index (κ1) is 17.0. The van der Waals surface area contributed by atoms with Gasteiger partial charge in [-0.2, -0.15) is 0 Å². The van der Waals surface area contributed by atoms with Crippen molar-refractivity contribution in [3.63, 3.8) is 0 Å². The van der Waals surface area contributed by atoms with E-state index in [0.29, 0.717) is 10.6 Å². The van der Waals surface area contributed by atoms with E-state index >= 15 is 0 Å². The summed E-state index contributed by atoms with van der Waals surface area (Å²) < 4.78 is 0. The maximum absolute atomic E-state index is 12.5. The number of hydrogen-bond acceptors (Lipinski definition) is 3. The molecule has 0 saturated heterocycles. The summed E-state index contributed by atoms with van der Waals surface area (Å²) in [5, 5.41) is 13.5. The van der Waals surface area contributed by atoms with Crippen LogP contribution in [0.3, 0.4) is 0 Å². The standard InChI is InChI=1S/C18H22ClN3O2/c19-15-8-7-13(16-10-20-11-21-16)9-14(15)18(24)22-17(23)12-5-3-1-2-4-6-12/h7-12,17,23H,1-6H2,(H,20,21)(H,22,24). The minimum atomic E-state index is -0.833. The SMILES string of the molecule is O=C(NC(O)C1CCCCCC1)c1cc(-c2c[nH]cn2)ccc1Cl. The van der Waals surface area contributed by atoms with Crippen LogP contribution >= 0.6 is 11.6 Å². The molecule has 1 aliphatic carbocycles. The van der Waals surface area contributed by atoms with Gasteiger partial charge >= 0.3 is 0 Å². The number of aromatic nitrogens is 2. The number of aromatic amines is 1. The second-order valence-electron chi connectivity index (χ2n) is 6.32. The lowest BCUT2D eigenvalue weighted by atomic mass is 9.98. The van der Waals surface area contributed by atoms with E-state index in [1.54, 1.807) is 24.7 Å². The maximum Gasteiger partial charge on any atom is 0.254 e. The van der Waals surface area contributed by atoms with E-state index in [-0.39, 0.29) is 11.8 Å². The van der Waals surface area contributed by atoms with Gasteiger partial charge in [-0.1, -0.05) is 43.4 Å². The van der Waals surface area contributed by atoms with E-state index in [9.17, 15) is 9.90 Å². The van der Waals surface area contributed by atoms with Crippen molar-refractivity contribution in [2.75, 3.05) is 0 Å². The number of aliphatic hydroxyl groups is 1. The molecular weight excluding hydrogens is 326 g/mol. The average molecular weight is 348 g/mol. The van der Waals surface area contributed by atoms with Crippen molar-refractivity contribution in [3.8, 4) is 11.3 Å². The van der Waals surface area contributed by atoms with Gasteiger partial charge in [-0.05, 0) is 25.0 Å². The highest BCUT2D eigenvalue weighted by Gasteiger charge is 2.23. The number of hydrogen-bond donors (Lipinski definition) is 3. The van der Waals surface area contributed by atoms with Gasteiger partial charge in [-0.3, -0.25) is 4.79 Å². The molecule has 1 atom stereocenters. The highest BCUT2D eigenvalue weighted by molar-refractivity contribution is 6.34. The third-order valence-corrected chi connectivity index (χ3v) is 4.96. The number of nitrogens with zero attached hydrogens (tertiary/aromatic N) is 1. The third kappa shape index (κ3) is 3.97. The molecule has 5 nitrogen and oxygen atoms in total. The van der Waals surface area contributed by atoms with Gasteiger partial charge in [0.25, 0.3) is 5.91 Å². The zero-order valence-corrected chi connectivity index (χ0v) is 14.2. The molecule has 0 spiro atoms. The number of benzene rings is 1. The predicted molar refractivity (Wildman–Crippen MR) is 93.7 cm³/mol. The van der Waals surface area contributed by atoms with Crippen LogP contribution in [0.2, 0.25) is 5.02 Å². The van der Waals surface area contributed by atoms with Crippen molar-refractivity contribution in [3.05, 3.63) is 41.3 Å². The van der Waals surface area contributed by atoms with Gasteiger partial charge in [0.05, 0.1) is 22.6 Å². The molecule has 1 heterocycles. The summed E-state index contributed by atoms with van der Waals surface area (Å²) in [7, 11) is 0. The molecule has 0 aliphatic heterocycles. The topological polar surface area (TPSA) is 78.0 Å². The van der Waals surface area contributed by atoms with Crippen molar-refractivity contribution in [2.24, 2.45) is 5.92 Å². The van der Waals surface area contributed by atoms with Crippen LogP contribution in [0.5, 0.6) is 0 Å². The molecule has 1 fully saturated rings. The van der Waals surface area contributed by atoms with Crippen LogP contribution in [0.1, 0.15) is 48.9 Å². The van der Waals surface area contributed by atoms with E-state index in [4.69, 9.17) is 11.6 Å². The van der Waals surface area contributed by atoms with Crippen molar-refractivity contribution >= 4 is 17.5 Å². The number of carbonyl (C=O) groups excluding carboxylic acids is 1. The van der Waals surface area contributed by atoms with Crippen LogP contribution in [0.4, 0.5) is 0 Å². The Labute approximate surface area is 146 Å². The minimum absolute atomic E-state index is 0.116. The molecule has 1 amide bonds.